The SMILES string of the molecule is COc1ccccc1SCC(=O)Nc1cc(N)ccc1Cl. The van der Waals surface area contributed by atoms with Crippen LogP contribution >= 0.6 is 23.4 Å². The Morgan fingerprint density at radius 3 is 2.86 bits per heavy atom. The van der Waals surface area contributed by atoms with E-state index in [-0.39, 0.29) is 11.7 Å². The van der Waals surface area contributed by atoms with Gasteiger partial charge in [-0.15, -0.1) is 11.8 Å². The minimum Gasteiger partial charge on any atom is -0.496 e. The van der Waals surface area contributed by atoms with Crippen molar-refractivity contribution in [2.45, 2.75) is 4.90 Å². The van der Waals surface area contributed by atoms with Gasteiger partial charge in [-0.3, -0.25) is 4.79 Å². The van der Waals surface area contributed by atoms with Gasteiger partial charge in [0.25, 0.3) is 0 Å². The predicted octanol–water partition coefficient (Wildman–Crippen LogP) is 3.66. The number of halogens is 1. The maximum atomic E-state index is 12.0. The summed E-state index contributed by atoms with van der Waals surface area (Å²) >= 11 is 7.41. The van der Waals surface area contributed by atoms with Gasteiger partial charge in [0, 0.05) is 10.6 Å². The van der Waals surface area contributed by atoms with Crippen molar-refractivity contribution in [3.05, 3.63) is 47.5 Å². The number of benzene rings is 2. The third-order valence-corrected chi connectivity index (χ3v) is 4.08. The molecule has 0 aliphatic carbocycles. The maximum absolute atomic E-state index is 12.0. The van der Waals surface area contributed by atoms with Crippen molar-refractivity contribution in [1.29, 1.82) is 0 Å². The van der Waals surface area contributed by atoms with E-state index >= 15 is 0 Å². The molecule has 2 aromatic rings. The maximum Gasteiger partial charge on any atom is 0.234 e. The van der Waals surface area contributed by atoms with Gasteiger partial charge in [0.15, 0.2) is 0 Å². The summed E-state index contributed by atoms with van der Waals surface area (Å²) in [5, 5.41) is 3.20. The molecule has 4 nitrogen and oxygen atoms in total. The number of carbonyl (C=O) groups excluding carboxylic acids is 1. The second-order valence-electron chi connectivity index (χ2n) is 4.23. The third-order valence-electron chi connectivity index (χ3n) is 2.69. The Hall–Kier alpha value is -1.85. The lowest BCUT2D eigenvalue weighted by Gasteiger charge is -2.09. The van der Waals surface area contributed by atoms with Crippen LogP contribution in [0.15, 0.2) is 47.4 Å². The first-order valence-electron chi connectivity index (χ1n) is 6.21. The van der Waals surface area contributed by atoms with Crippen molar-refractivity contribution < 1.29 is 9.53 Å². The molecule has 0 radical (unpaired) electrons. The molecule has 0 saturated heterocycles. The van der Waals surface area contributed by atoms with Gasteiger partial charge in [0.2, 0.25) is 5.91 Å². The van der Waals surface area contributed by atoms with Gasteiger partial charge in [0.1, 0.15) is 5.75 Å². The van der Waals surface area contributed by atoms with Gasteiger partial charge in [0.05, 0.1) is 23.6 Å². The van der Waals surface area contributed by atoms with Gasteiger partial charge < -0.3 is 15.8 Å². The predicted molar refractivity (Wildman–Crippen MR) is 88.2 cm³/mol. The van der Waals surface area contributed by atoms with Crippen LogP contribution in [0.25, 0.3) is 0 Å². The van der Waals surface area contributed by atoms with Crippen molar-refractivity contribution in [2.24, 2.45) is 0 Å². The molecule has 0 bridgehead atoms. The molecule has 1 amide bonds. The van der Waals surface area contributed by atoms with E-state index in [9.17, 15) is 4.79 Å². The second-order valence-corrected chi connectivity index (χ2v) is 5.65. The summed E-state index contributed by atoms with van der Waals surface area (Å²) < 4.78 is 5.24. The number of methoxy groups -OCH3 is 1. The lowest BCUT2D eigenvalue weighted by Crippen LogP contribution is -2.14. The number of rotatable bonds is 5. The Kier molecular flexibility index (Phi) is 5.36. The monoisotopic (exact) mass is 322 g/mol. The Balaban J connectivity index is 1.97. The van der Waals surface area contributed by atoms with Gasteiger partial charge in [-0.2, -0.15) is 0 Å². The number of nitrogens with one attached hydrogen (secondary N) is 1. The van der Waals surface area contributed by atoms with Gasteiger partial charge >= 0.3 is 0 Å². The van der Waals surface area contributed by atoms with Crippen LogP contribution in [-0.2, 0) is 4.79 Å². The van der Waals surface area contributed by atoms with E-state index in [0.717, 1.165) is 10.6 Å². The van der Waals surface area contributed by atoms with Crippen LogP contribution in [-0.4, -0.2) is 18.8 Å². The van der Waals surface area contributed by atoms with Gasteiger partial charge in [-0.05, 0) is 30.3 Å². The number of hydrogen-bond donors (Lipinski definition) is 2. The molecule has 0 aliphatic rings. The summed E-state index contributed by atoms with van der Waals surface area (Å²) in [4.78, 5) is 12.9. The minimum absolute atomic E-state index is 0.154. The van der Waals surface area contributed by atoms with E-state index in [0.29, 0.717) is 16.4 Å². The zero-order valence-corrected chi connectivity index (χ0v) is 13.0. The number of carbonyl (C=O) groups is 1. The van der Waals surface area contributed by atoms with Crippen molar-refractivity contribution in [1.82, 2.24) is 0 Å². The largest absolute Gasteiger partial charge is 0.496 e. The summed E-state index contributed by atoms with van der Waals surface area (Å²) in [6.45, 7) is 0. The van der Waals surface area contributed by atoms with Crippen molar-refractivity contribution in [2.75, 3.05) is 23.9 Å². The molecule has 0 fully saturated rings. The fourth-order valence-electron chi connectivity index (χ4n) is 1.71. The van der Waals surface area contributed by atoms with Crippen LogP contribution in [0.4, 0.5) is 11.4 Å². The van der Waals surface area contributed by atoms with Crippen LogP contribution in [0.1, 0.15) is 0 Å². The highest BCUT2D eigenvalue weighted by Crippen LogP contribution is 2.29. The molecular formula is C15H15ClN2O2S. The molecule has 3 N–H and O–H groups in total. The number of hydrogen-bond acceptors (Lipinski definition) is 4. The fraction of sp³-hybridized carbons (Fsp3) is 0.133. The van der Waals surface area contributed by atoms with Crippen molar-refractivity contribution >= 4 is 40.6 Å². The summed E-state index contributed by atoms with van der Waals surface area (Å²) in [5.74, 6) is 0.849. The summed E-state index contributed by atoms with van der Waals surface area (Å²) in [5.41, 5.74) is 6.74. The van der Waals surface area contributed by atoms with Crippen molar-refractivity contribution in [3.63, 3.8) is 0 Å². The smallest absolute Gasteiger partial charge is 0.234 e. The average Bonchev–Trinajstić information content (AvgIpc) is 2.49. The number of thioether (sulfide) groups is 1. The highest BCUT2D eigenvalue weighted by atomic mass is 35.5. The quantitative estimate of drug-likeness (QED) is 0.651. The first-order chi connectivity index (χ1) is 10.1. The number of nitrogens with two attached hydrogens (primary N) is 1. The van der Waals surface area contributed by atoms with E-state index in [1.165, 1.54) is 11.8 Å². The Morgan fingerprint density at radius 1 is 1.33 bits per heavy atom. The molecule has 21 heavy (non-hydrogen) atoms. The summed E-state index contributed by atoms with van der Waals surface area (Å²) in [6.07, 6.45) is 0. The number of ether oxygens (including phenoxy) is 1. The van der Waals surface area contributed by atoms with Crippen LogP contribution in [0.2, 0.25) is 5.02 Å². The highest BCUT2D eigenvalue weighted by Gasteiger charge is 2.09. The molecule has 0 unspecified atom stereocenters. The lowest BCUT2D eigenvalue weighted by atomic mass is 10.3. The van der Waals surface area contributed by atoms with E-state index in [1.54, 1.807) is 25.3 Å². The number of nitrogen functional groups attached to an aromatic ring is 1. The number of para-hydroxylation sites is 1. The van der Waals surface area contributed by atoms with Crippen LogP contribution in [0.5, 0.6) is 5.75 Å². The van der Waals surface area contributed by atoms with Gasteiger partial charge in [-0.25, -0.2) is 0 Å². The fourth-order valence-corrected chi connectivity index (χ4v) is 2.70. The van der Waals surface area contributed by atoms with E-state index in [2.05, 4.69) is 5.32 Å². The third kappa shape index (κ3) is 4.31. The van der Waals surface area contributed by atoms with Crippen LogP contribution < -0.4 is 15.8 Å². The molecule has 0 aliphatic heterocycles. The van der Waals surface area contributed by atoms with Crippen LogP contribution in [0.3, 0.4) is 0 Å². The molecular weight excluding hydrogens is 308 g/mol. The molecule has 110 valence electrons. The number of amides is 1. The standard InChI is InChI=1S/C15H15ClN2O2S/c1-20-13-4-2-3-5-14(13)21-9-15(19)18-12-8-10(17)6-7-11(12)16/h2-8H,9,17H2,1H3,(H,18,19). The second kappa shape index (κ2) is 7.24. The van der Waals surface area contributed by atoms with E-state index in [1.807, 2.05) is 24.3 Å². The minimum atomic E-state index is -0.154. The summed E-state index contributed by atoms with van der Waals surface area (Å²) in [6, 6.07) is 12.5. The van der Waals surface area contributed by atoms with Crippen LogP contribution in [0, 0.1) is 0 Å². The van der Waals surface area contributed by atoms with E-state index in [4.69, 9.17) is 22.1 Å². The first kappa shape index (κ1) is 15.5. The highest BCUT2D eigenvalue weighted by molar-refractivity contribution is 8.00. The van der Waals surface area contributed by atoms with Crippen molar-refractivity contribution in [3.8, 4) is 5.75 Å². The molecule has 6 heteroatoms. The molecule has 0 heterocycles. The Bertz CT molecular complexity index is 649. The molecule has 0 atom stereocenters. The Morgan fingerprint density at radius 2 is 2.10 bits per heavy atom. The Labute approximate surface area is 132 Å². The summed E-state index contributed by atoms with van der Waals surface area (Å²) in [7, 11) is 1.60. The molecule has 0 aromatic heterocycles. The molecule has 2 aromatic carbocycles. The molecule has 0 saturated carbocycles. The topological polar surface area (TPSA) is 64.3 Å². The zero-order chi connectivity index (χ0) is 15.2. The lowest BCUT2D eigenvalue weighted by molar-refractivity contribution is -0.113. The molecule has 2 rings (SSSR count). The average molecular weight is 323 g/mol. The first-order valence-corrected chi connectivity index (χ1v) is 7.57. The molecule has 0 spiro atoms. The normalized spacial score (nSPS) is 10.2. The zero-order valence-electron chi connectivity index (χ0n) is 11.4. The van der Waals surface area contributed by atoms with Gasteiger partial charge in [-0.1, -0.05) is 23.7 Å². The van der Waals surface area contributed by atoms with E-state index < -0.39 is 0 Å². The number of anilines is 2.